The maximum atomic E-state index is 9.64. The minimum Gasteiger partial charge on any atom is -0.508 e. The van der Waals surface area contributed by atoms with Gasteiger partial charge in [-0.25, -0.2) is 0 Å². The second-order valence-electron chi connectivity index (χ2n) is 4.55. The Bertz CT molecular complexity index is 368. The lowest BCUT2D eigenvalue weighted by molar-refractivity contribution is 0.214. The zero-order chi connectivity index (χ0) is 12.9. The number of aromatic hydroxyl groups is 2. The monoisotopic (exact) mass is 239 g/mol. The maximum absolute atomic E-state index is 9.64. The molecule has 4 nitrogen and oxygen atoms in total. The molecule has 1 rings (SSSR count). The van der Waals surface area contributed by atoms with E-state index in [1.165, 1.54) is 6.07 Å². The zero-order valence-electron chi connectivity index (χ0n) is 10.4. The summed E-state index contributed by atoms with van der Waals surface area (Å²) in [6, 6.07) is 4.56. The van der Waals surface area contributed by atoms with Gasteiger partial charge in [0.2, 0.25) is 0 Å². The van der Waals surface area contributed by atoms with Crippen LogP contribution < -0.4 is 5.32 Å². The van der Waals surface area contributed by atoms with Gasteiger partial charge in [0.15, 0.2) is 0 Å². The molecule has 0 bridgehead atoms. The van der Waals surface area contributed by atoms with E-state index < -0.39 is 0 Å². The molecule has 1 atom stereocenters. The standard InChI is InChI=1S/C13H21NO3/c1-3-13(2,6-7-15)14-9-10-4-5-11(16)8-12(10)17/h4-5,8,14-17H,3,6-7,9H2,1-2H3. The molecule has 0 aliphatic heterocycles. The van der Waals surface area contributed by atoms with Gasteiger partial charge in [0.1, 0.15) is 11.5 Å². The zero-order valence-corrected chi connectivity index (χ0v) is 10.4. The highest BCUT2D eigenvalue weighted by Gasteiger charge is 2.20. The fourth-order valence-electron chi connectivity index (χ4n) is 1.65. The molecule has 0 radical (unpaired) electrons. The minimum absolute atomic E-state index is 0.0554. The molecule has 17 heavy (non-hydrogen) atoms. The van der Waals surface area contributed by atoms with Crippen molar-refractivity contribution in [2.24, 2.45) is 0 Å². The van der Waals surface area contributed by atoms with E-state index >= 15 is 0 Å². The Balaban J connectivity index is 2.65. The normalized spacial score (nSPS) is 14.5. The maximum Gasteiger partial charge on any atom is 0.123 e. The van der Waals surface area contributed by atoms with Crippen LogP contribution in [0.2, 0.25) is 0 Å². The number of nitrogens with one attached hydrogen (secondary N) is 1. The van der Waals surface area contributed by atoms with Gasteiger partial charge >= 0.3 is 0 Å². The smallest absolute Gasteiger partial charge is 0.123 e. The van der Waals surface area contributed by atoms with Crippen LogP contribution in [0, 0.1) is 0 Å². The number of phenols is 2. The molecular formula is C13H21NO3. The van der Waals surface area contributed by atoms with Crippen molar-refractivity contribution < 1.29 is 15.3 Å². The quantitative estimate of drug-likeness (QED) is 0.610. The van der Waals surface area contributed by atoms with Crippen LogP contribution in [0.3, 0.4) is 0 Å². The Labute approximate surface area is 102 Å². The molecule has 4 heteroatoms. The summed E-state index contributed by atoms with van der Waals surface area (Å²) in [6.45, 7) is 4.75. The molecule has 0 heterocycles. The Hall–Kier alpha value is -1.26. The van der Waals surface area contributed by atoms with Gasteiger partial charge in [-0.2, -0.15) is 0 Å². The first kappa shape index (κ1) is 13.8. The van der Waals surface area contributed by atoms with Gasteiger partial charge in [-0.05, 0) is 25.8 Å². The average Bonchev–Trinajstić information content (AvgIpc) is 2.28. The predicted molar refractivity (Wildman–Crippen MR) is 67.0 cm³/mol. The Morgan fingerprint density at radius 3 is 2.53 bits per heavy atom. The number of phenolic OH excluding ortho intramolecular Hbond substituents is 2. The molecule has 0 aromatic heterocycles. The summed E-state index contributed by atoms with van der Waals surface area (Å²) >= 11 is 0. The number of aliphatic hydroxyl groups excluding tert-OH is 1. The summed E-state index contributed by atoms with van der Waals surface area (Å²) in [5, 5.41) is 31.1. The first-order chi connectivity index (χ1) is 8.00. The molecule has 0 spiro atoms. The summed E-state index contributed by atoms with van der Waals surface area (Å²) in [4.78, 5) is 0. The highest BCUT2D eigenvalue weighted by atomic mass is 16.3. The van der Waals surface area contributed by atoms with Gasteiger partial charge in [0.25, 0.3) is 0 Å². The van der Waals surface area contributed by atoms with Crippen LogP contribution >= 0.6 is 0 Å². The van der Waals surface area contributed by atoms with Gasteiger partial charge in [-0.15, -0.1) is 0 Å². The molecule has 0 fully saturated rings. The first-order valence-electron chi connectivity index (χ1n) is 5.87. The Kier molecular flexibility index (Phi) is 4.78. The van der Waals surface area contributed by atoms with E-state index in [4.69, 9.17) is 5.11 Å². The molecule has 1 aromatic rings. The lowest BCUT2D eigenvalue weighted by Crippen LogP contribution is -2.42. The summed E-state index contributed by atoms with van der Waals surface area (Å²) in [5.41, 5.74) is 0.597. The van der Waals surface area contributed by atoms with Gasteiger partial charge in [-0.1, -0.05) is 13.0 Å². The number of aliphatic hydroxyl groups is 1. The Morgan fingerprint density at radius 2 is 2.00 bits per heavy atom. The van der Waals surface area contributed by atoms with Crippen LogP contribution in [0.4, 0.5) is 0 Å². The number of rotatable bonds is 6. The molecule has 1 aromatic carbocycles. The fraction of sp³-hybridized carbons (Fsp3) is 0.538. The van der Waals surface area contributed by atoms with Crippen molar-refractivity contribution >= 4 is 0 Å². The van der Waals surface area contributed by atoms with Crippen LogP contribution in [0.5, 0.6) is 11.5 Å². The summed E-state index contributed by atoms with van der Waals surface area (Å²) < 4.78 is 0. The van der Waals surface area contributed by atoms with Crippen LogP contribution in [0.25, 0.3) is 0 Å². The third kappa shape index (κ3) is 3.91. The van der Waals surface area contributed by atoms with E-state index in [1.807, 2.05) is 6.92 Å². The SMILES string of the molecule is CCC(C)(CCO)NCc1ccc(O)cc1O. The number of hydrogen-bond acceptors (Lipinski definition) is 4. The van der Waals surface area contributed by atoms with Crippen LogP contribution in [0.15, 0.2) is 18.2 Å². The van der Waals surface area contributed by atoms with Crippen molar-refractivity contribution in [1.29, 1.82) is 0 Å². The number of benzene rings is 1. The third-order valence-electron chi connectivity index (χ3n) is 3.22. The van der Waals surface area contributed by atoms with E-state index in [0.717, 1.165) is 12.0 Å². The third-order valence-corrected chi connectivity index (χ3v) is 3.22. The molecule has 4 N–H and O–H groups in total. The van der Waals surface area contributed by atoms with E-state index in [2.05, 4.69) is 12.2 Å². The van der Waals surface area contributed by atoms with Gasteiger partial charge in [0, 0.05) is 30.3 Å². The second kappa shape index (κ2) is 5.89. The van der Waals surface area contributed by atoms with Gasteiger partial charge in [0.05, 0.1) is 0 Å². The molecule has 0 saturated heterocycles. The molecule has 0 saturated carbocycles. The number of hydrogen-bond donors (Lipinski definition) is 4. The van der Waals surface area contributed by atoms with Crippen LogP contribution in [-0.2, 0) is 6.54 Å². The van der Waals surface area contributed by atoms with Gasteiger partial charge in [-0.3, -0.25) is 0 Å². The summed E-state index contributed by atoms with van der Waals surface area (Å²) in [6.07, 6.45) is 1.56. The topological polar surface area (TPSA) is 72.7 Å². The lowest BCUT2D eigenvalue weighted by Gasteiger charge is -2.29. The first-order valence-corrected chi connectivity index (χ1v) is 5.87. The van der Waals surface area contributed by atoms with Crippen LogP contribution in [0.1, 0.15) is 32.3 Å². The predicted octanol–water partition coefficient (Wildman–Crippen LogP) is 1.74. The highest BCUT2D eigenvalue weighted by molar-refractivity contribution is 5.38. The molecule has 0 amide bonds. The largest absolute Gasteiger partial charge is 0.508 e. The molecule has 0 aliphatic rings. The molecule has 1 unspecified atom stereocenters. The van der Waals surface area contributed by atoms with Crippen molar-refractivity contribution in [1.82, 2.24) is 5.32 Å². The fourth-order valence-corrected chi connectivity index (χ4v) is 1.65. The van der Waals surface area contributed by atoms with Crippen molar-refractivity contribution in [3.05, 3.63) is 23.8 Å². The van der Waals surface area contributed by atoms with E-state index in [9.17, 15) is 10.2 Å². The highest BCUT2D eigenvalue weighted by Crippen LogP contribution is 2.23. The summed E-state index contributed by atoms with van der Waals surface area (Å²) in [7, 11) is 0. The summed E-state index contributed by atoms with van der Waals surface area (Å²) in [5.74, 6) is 0.139. The van der Waals surface area contributed by atoms with E-state index in [0.29, 0.717) is 13.0 Å². The lowest BCUT2D eigenvalue weighted by atomic mass is 9.94. The van der Waals surface area contributed by atoms with Crippen LogP contribution in [-0.4, -0.2) is 27.5 Å². The second-order valence-corrected chi connectivity index (χ2v) is 4.55. The molecule has 96 valence electrons. The van der Waals surface area contributed by atoms with Gasteiger partial charge < -0.3 is 20.6 Å². The van der Waals surface area contributed by atoms with Crippen molar-refractivity contribution in [2.45, 2.75) is 38.8 Å². The minimum atomic E-state index is -0.140. The van der Waals surface area contributed by atoms with Crippen molar-refractivity contribution in [2.75, 3.05) is 6.61 Å². The average molecular weight is 239 g/mol. The molecular weight excluding hydrogens is 218 g/mol. The van der Waals surface area contributed by atoms with Crippen molar-refractivity contribution in [3.8, 4) is 11.5 Å². The molecule has 0 aliphatic carbocycles. The van der Waals surface area contributed by atoms with E-state index in [1.54, 1.807) is 12.1 Å². The van der Waals surface area contributed by atoms with Crippen molar-refractivity contribution in [3.63, 3.8) is 0 Å². The van der Waals surface area contributed by atoms with E-state index in [-0.39, 0.29) is 23.6 Å². The Morgan fingerprint density at radius 1 is 1.29 bits per heavy atom.